The first kappa shape index (κ1) is 12.0. The minimum atomic E-state index is -0.465. The van der Waals surface area contributed by atoms with Gasteiger partial charge in [-0.2, -0.15) is 0 Å². The average molecular weight is 237 g/mol. The van der Waals surface area contributed by atoms with E-state index in [2.05, 4.69) is 5.32 Å². The van der Waals surface area contributed by atoms with Gasteiger partial charge in [-0.3, -0.25) is 4.79 Å². The van der Waals surface area contributed by atoms with Gasteiger partial charge in [-0.25, -0.2) is 4.39 Å². The summed E-state index contributed by atoms with van der Waals surface area (Å²) in [5, 5.41) is 12.5. The van der Waals surface area contributed by atoms with Gasteiger partial charge in [0.2, 0.25) is 0 Å². The zero-order chi connectivity index (χ0) is 12.3. The van der Waals surface area contributed by atoms with E-state index in [0.29, 0.717) is 5.56 Å². The monoisotopic (exact) mass is 237 g/mol. The molecular formula is C13H16FNO2. The van der Waals surface area contributed by atoms with Gasteiger partial charge in [-0.15, -0.1) is 0 Å². The summed E-state index contributed by atoms with van der Waals surface area (Å²) in [6.07, 6.45) is 3.09. The van der Waals surface area contributed by atoms with E-state index in [9.17, 15) is 14.3 Å². The van der Waals surface area contributed by atoms with Gasteiger partial charge in [0.15, 0.2) is 0 Å². The normalized spacial score (nSPS) is 24.4. The van der Waals surface area contributed by atoms with E-state index >= 15 is 0 Å². The van der Waals surface area contributed by atoms with Crippen molar-refractivity contribution in [3.63, 3.8) is 0 Å². The molecular weight excluding hydrogens is 221 g/mol. The summed E-state index contributed by atoms with van der Waals surface area (Å²) in [6.45, 7) is 0. The van der Waals surface area contributed by atoms with Crippen molar-refractivity contribution in [2.75, 3.05) is 0 Å². The molecule has 17 heavy (non-hydrogen) atoms. The number of aliphatic hydroxyl groups is 1. The molecule has 1 aromatic carbocycles. The van der Waals surface area contributed by atoms with Crippen LogP contribution in [-0.2, 0) is 0 Å². The lowest BCUT2D eigenvalue weighted by atomic mass is 9.92. The van der Waals surface area contributed by atoms with Gasteiger partial charge in [-0.1, -0.05) is 12.8 Å². The van der Waals surface area contributed by atoms with E-state index in [4.69, 9.17) is 0 Å². The molecule has 4 heteroatoms. The van der Waals surface area contributed by atoms with Crippen LogP contribution in [0.4, 0.5) is 4.39 Å². The maximum atomic E-state index is 12.7. The van der Waals surface area contributed by atoms with E-state index in [-0.39, 0.29) is 17.8 Å². The summed E-state index contributed by atoms with van der Waals surface area (Å²) in [6, 6.07) is 5.22. The highest BCUT2D eigenvalue weighted by molar-refractivity contribution is 5.94. The lowest BCUT2D eigenvalue weighted by Crippen LogP contribution is -2.45. The molecule has 2 N–H and O–H groups in total. The van der Waals surface area contributed by atoms with Gasteiger partial charge in [0.05, 0.1) is 12.1 Å². The quantitative estimate of drug-likeness (QED) is 0.824. The molecule has 92 valence electrons. The van der Waals surface area contributed by atoms with E-state index in [1.165, 1.54) is 24.3 Å². The first-order chi connectivity index (χ1) is 8.16. The van der Waals surface area contributed by atoms with Crippen molar-refractivity contribution in [1.82, 2.24) is 5.32 Å². The van der Waals surface area contributed by atoms with Crippen LogP contribution in [0.3, 0.4) is 0 Å². The number of carbonyl (C=O) groups excluding carboxylic acids is 1. The van der Waals surface area contributed by atoms with E-state index < -0.39 is 6.10 Å². The Labute approximate surface area is 99.7 Å². The number of aliphatic hydroxyl groups excluding tert-OH is 1. The average Bonchev–Trinajstić information content (AvgIpc) is 2.33. The SMILES string of the molecule is O=C(N[C@H]1CCCC[C@@H]1O)c1ccc(F)cc1. The number of halogens is 1. The fourth-order valence-corrected chi connectivity index (χ4v) is 2.13. The molecule has 1 fully saturated rings. The van der Waals surface area contributed by atoms with Gasteiger partial charge in [0.1, 0.15) is 5.82 Å². The second-order valence-electron chi connectivity index (χ2n) is 4.44. The summed E-state index contributed by atoms with van der Waals surface area (Å²) >= 11 is 0. The zero-order valence-electron chi connectivity index (χ0n) is 9.53. The van der Waals surface area contributed by atoms with Gasteiger partial charge in [0, 0.05) is 5.56 Å². The maximum Gasteiger partial charge on any atom is 0.251 e. The van der Waals surface area contributed by atoms with Crippen LogP contribution in [0, 0.1) is 5.82 Å². The molecule has 2 rings (SSSR count). The molecule has 0 aliphatic heterocycles. The predicted octanol–water partition coefficient (Wildman–Crippen LogP) is 1.86. The van der Waals surface area contributed by atoms with Crippen molar-refractivity contribution in [3.05, 3.63) is 35.6 Å². The number of hydrogen-bond acceptors (Lipinski definition) is 2. The van der Waals surface area contributed by atoms with Crippen LogP contribution < -0.4 is 5.32 Å². The highest BCUT2D eigenvalue weighted by atomic mass is 19.1. The highest BCUT2D eigenvalue weighted by Crippen LogP contribution is 2.18. The summed E-state index contributed by atoms with van der Waals surface area (Å²) in [4.78, 5) is 11.8. The van der Waals surface area contributed by atoms with Crippen molar-refractivity contribution in [3.8, 4) is 0 Å². The molecule has 2 atom stereocenters. The molecule has 0 heterocycles. The number of amides is 1. The number of rotatable bonds is 2. The number of carbonyl (C=O) groups is 1. The Morgan fingerprint density at radius 3 is 2.53 bits per heavy atom. The molecule has 0 aromatic heterocycles. The topological polar surface area (TPSA) is 49.3 Å². The van der Waals surface area contributed by atoms with Crippen molar-refractivity contribution >= 4 is 5.91 Å². The van der Waals surface area contributed by atoms with Crippen LogP contribution in [0.5, 0.6) is 0 Å². The Hall–Kier alpha value is -1.42. The third-order valence-corrected chi connectivity index (χ3v) is 3.15. The van der Waals surface area contributed by atoms with Crippen molar-refractivity contribution < 1.29 is 14.3 Å². The number of hydrogen-bond donors (Lipinski definition) is 2. The molecule has 1 saturated carbocycles. The third-order valence-electron chi connectivity index (χ3n) is 3.15. The second kappa shape index (κ2) is 5.27. The van der Waals surface area contributed by atoms with Gasteiger partial charge in [-0.05, 0) is 37.1 Å². The highest BCUT2D eigenvalue weighted by Gasteiger charge is 2.24. The molecule has 0 saturated heterocycles. The minimum Gasteiger partial charge on any atom is -0.391 e. The van der Waals surface area contributed by atoms with Crippen LogP contribution in [0.15, 0.2) is 24.3 Å². The van der Waals surface area contributed by atoms with Crippen molar-refractivity contribution in [2.45, 2.75) is 37.8 Å². The molecule has 1 amide bonds. The molecule has 0 radical (unpaired) electrons. The molecule has 3 nitrogen and oxygen atoms in total. The van der Waals surface area contributed by atoms with Crippen LogP contribution in [0.25, 0.3) is 0 Å². The Morgan fingerprint density at radius 1 is 1.24 bits per heavy atom. The Balaban J connectivity index is 1.98. The van der Waals surface area contributed by atoms with Gasteiger partial charge < -0.3 is 10.4 Å². The molecule has 1 aliphatic carbocycles. The van der Waals surface area contributed by atoms with Crippen molar-refractivity contribution in [1.29, 1.82) is 0 Å². The van der Waals surface area contributed by atoms with Crippen molar-refractivity contribution in [2.24, 2.45) is 0 Å². The first-order valence-corrected chi connectivity index (χ1v) is 5.91. The maximum absolute atomic E-state index is 12.7. The second-order valence-corrected chi connectivity index (χ2v) is 4.44. The Bertz CT molecular complexity index is 391. The standard InChI is InChI=1S/C13H16FNO2/c14-10-7-5-9(6-8-10)13(17)15-11-3-1-2-4-12(11)16/h5-8,11-12,16H,1-4H2,(H,15,17)/t11-,12-/m0/s1. The van der Waals surface area contributed by atoms with Crippen LogP contribution in [-0.4, -0.2) is 23.2 Å². The fourth-order valence-electron chi connectivity index (χ4n) is 2.13. The lowest BCUT2D eigenvalue weighted by molar-refractivity contribution is 0.0717. The zero-order valence-corrected chi connectivity index (χ0v) is 9.53. The molecule has 0 bridgehead atoms. The summed E-state index contributed by atoms with van der Waals surface area (Å²) in [7, 11) is 0. The summed E-state index contributed by atoms with van der Waals surface area (Å²) in [5.74, 6) is -0.616. The van der Waals surface area contributed by atoms with E-state index in [1.54, 1.807) is 0 Å². The largest absolute Gasteiger partial charge is 0.391 e. The van der Waals surface area contributed by atoms with Crippen LogP contribution in [0.2, 0.25) is 0 Å². The fraction of sp³-hybridized carbons (Fsp3) is 0.462. The lowest BCUT2D eigenvalue weighted by Gasteiger charge is -2.28. The van der Waals surface area contributed by atoms with E-state index in [1.807, 2.05) is 0 Å². The van der Waals surface area contributed by atoms with Crippen LogP contribution in [0.1, 0.15) is 36.0 Å². The van der Waals surface area contributed by atoms with E-state index in [0.717, 1.165) is 25.7 Å². The summed E-state index contributed by atoms with van der Waals surface area (Å²) in [5.41, 5.74) is 0.421. The van der Waals surface area contributed by atoms with Gasteiger partial charge >= 0.3 is 0 Å². The third kappa shape index (κ3) is 3.03. The molecule has 0 spiro atoms. The molecule has 1 aromatic rings. The smallest absolute Gasteiger partial charge is 0.251 e. The van der Waals surface area contributed by atoms with Gasteiger partial charge in [0.25, 0.3) is 5.91 Å². The number of nitrogens with one attached hydrogen (secondary N) is 1. The summed E-state index contributed by atoms with van der Waals surface area (Å²) < 4.78 is 12.7. The molecule has 0 unspecified atom stereocenters. The first-order valence-electron chi connectivity index (χ1n) is 5.91. The Morgan fingerprint density at radius 2 is 1.88 bits per heavy atom. The minimum absolute atomic E-state index is 0.179. The molecule has 1 aliphatic rings. The Kier molecular flexibility index (Phi) is 3.74. The van der Waals surface area contributed by atoms with Crippen LogP contribution >= 0.6 is 0 Å². The predicted molar refractivity (Wildman–Crippen MR) is 62.1 cm³/mol. The number of benzene rings is 1.